The molecule has 8 heteroatoms. The van der Waals surface area contributed by atoms with Gasteiger partial charge in [0.2, 0.25) is 0 Å². The Kier molecular flexibility index (Phi) is 3.88. The van der Waals surface area contributed by atoms with Gasteiger partial charge in [-0.3, -0.25) is 4.79 Å². The minimum Gasteiger partial charge on any atom is -0.321 e. The van der Waals surface area contributed by atoms with Gasteiger partial charge in [0, 0.05) is 0 Å². The number of nitrogens with zero attached hydrogens (tertiary/aromatic N) is 1. The first-order valence-corrected chi connectivity index (χ1v) is 8.17. The molecule has 0 saturated heterocycles. The first-order valence-electron chi connectivity index (χ1n) is 5.34. The van der Waals surface area contributed by atoms with E-state index in [1.165, 1.54) is 11.3 Å². The zero-order valence-electron chi connectivity index (χ0n) is 9.62. The van der Waals surface area contributed by atoms with Gasteiger partial charge in [0.15, 0.2) is 0 Å². The molecule has 2 aromatic heterocycles. The topological polar surface area (TPSA) is 42.0 Å². The molecule has 3 rings (SSSR count). The fourth-order valence-corrected chi connectivity index (χ4v) is 4.21. The van der Waals surface area contributed by atoms with Gasteiger partial charge in [-0.25, -0.2) is 4.98 Å². The molecule has 0 fully saturated rings. The standard InChI is InChI=1S/C12H5Cl3N2OS2/c13-6-1-2-7(10-9(6)16-4-19-10)17-12(18)5-3-8(14)20-11(5)15/h1-4H,(H,17,18). The lowest BCUT2D eigenvalue weighted by Crippen LogP contribution is -2.11. The molecule has 102 valence electrons. The largest absolute Gasteiger partial charge is 0.321 e. The van der Waals surface area contributed by atoms with Crippen molar-refractivity contribution in [3.05, 3.63) is 43.0 Å². The Morgan fingerprint density at radius 3 is 2.75 bits per heavy atom. The second-order valence-electron chi connectivity index (χ2n) is 3.82. The number of carbonyl (C=O) groups excluding carboxylic acids is 1. The average molecular weight is 364 g/mol. The molecule has 0 spiro atoms. The van der Waals surface area contributed by atoms with Gasteiger partial charge in [0.1, 0.15) is 9.85 Å². The van der Waals surface area contributed by atoms with Gasteiger partial charge in [-0.15, -0.1) is 22.7 Å². The Labute approximate surface area is 137 Å². The third kappa shape index (κ3) is 2.52. The van der Waals surface area contributed by atoms with Gasteiger partial charge in [-0.05, 0) is 18.2 Å². The molecule has 1 aromatic carbocycles. The van der Waals surface area contributed by atoms with E-state index in [-0.39, 0.29) is 5.91 Å². The molecule has 0 radical (unpaired) electrons. The van der Waals surface area contributed by atoms with Crippen LogP contribution in [0.3, 0.4) is 0 Å². The minimum absolute atomic E-state index is 0.310. The monoisotopic (exact) mass is 362 g/mol. The number of anilines is 1. The molecule has 2 heterocycles. The number of fused-ring (bicyclic) bond motifs is 1. The van der Waals surface area contributed by atoms with E-state index >= 15 is 0 Å². The van der Waals surface area contributed by atoms with Gasteiger partial charge in [-0.1, -0.05) is 34.8 Å². The summed E-state index contributed by atoms with van der Waals surface area (Å²) in [7, 11) is 0. The van der Waals surface area contributed by atoms with E-state index in [0.29, 0.717) is 30.5 Å². The van der Waals surface area contributed by atoms with Crippen molar-refractivity contribution >= 4 is 79.3 Å². The normalized spacial score (nSPS) is 10.9. The summed E-state index contributed by atoms with van der Waals surface area (Å²) in [6.07, 6.45) is 0. The van der Waals surface area contributed by atoms with Crippen molar-refractivity contribution in [2.24, 2.45) is 0 Å². The zero-order valence-corrected chi connectivity index (χ0v) is 13.5. The summed E-state index contributed by atoms with van der Waals surface area (Å²) in [6.45, 7) is 0. The predicted octanol–water partition coefficient (Wildman–Crippen LogP) is 5.57. The molecule has 0 aliphatic carbocycles. The van der Waals surface area contributed by atoms with Crippen LogP contribution in [-0.2, 0) is 0 Å². The second kappa shape index (κ2) is 5.50. The second-order valence-corrected chi connectivity index (χ2v) is 7.36. The fraction of sp³-hybridized carbons (Fsp3) is 0. The Bertz CT molecular complexity index is 812. The van der Waals surface area contributed by atoms with Crippen molar-refractivity contribution in [2.75, 3.05) is 5.32 Å². The Morgan fingerprint density at radius 1 is 1.25 bits per heavy atom. The number of aromatic nitrogens is 1. The molecule has 3 nitrogen and oxygen atoms in total. The summed E-state index contributed by atoms with van der Waals surface area (Å²) in [5.74, 6) is -0.310. The first-order chi connectivity index (χ1) is 9.56. The van der Waals surface area contributed by atoms with Gasteiger partial charge in [-0.2, -0.15) is 0 Å². The summed E-state index contributed by atoms with van der Waals surface area (Å²) in [5.41, 5.74) is 3.36. The molecule has 1 N–H and O–H groups in total. The molecular formula is C12H5Cl3N2OS2. The highest BCUT2D eigenvalue weighted by Gasteiger charge is 2.16. The van der Waals surface area contributed by atoms with Crippen LogP contribution in [0.4, 0.5) is 5.69 Å². The van der Waals surface area contributed by atoms with Crippen LogP contribution >= 0.6 is 57.5 Å². The smallest absolute Gasteiger partial charge is 0.258 e. The van der Waals surface area contributed by atoms with Crippen LogP contribution < -0.4 is 5.32 Å². The molecule has 3 aromatic rings. The minimum atomic E-state index is -0.310. The van der Waals surface area contributed by atoms with E-state index in [4.69, 9.17) is 34.8 Å². The molecule has 0 aliphatic rings. The van der Waals surface area contributed by atoms with Gasteiger partial charge >= 0.3 is 0 Å². The summed E-state index contributed by atoms with van der Waals surface area (Å²) >= 11 is 20.4. The predicted molar refractivity (Wildman–Crippen MR) is 86.9 cm³/mol. The van der Waals surface area contributed by atoms with E-state index in [1.54, 1.807) is 23.7 Å². The van der Waals surface area contributed by atoms with Crippen LogP contribution in [0, 0.1) is 0 Å². The number of hydrogen-bond donors (Lipinski definition) is 1. The summed E-state index contributed by atoms with van der Waals surface area (Å²) in [4.78, 5) is 16.4. The molecule has 0 atom stereocenters. The van der Waals surface area contributed by atoms with Gasteiger partial charge in [0.05, 0.1) is 30.8 Å². The molecule has 0 unspecified atom stereocenters. The summed E-state index contributed by atoms with van der Waals surface area (Å²) < 4.78 is 1.66. The third-order valence-electron chi connectivity index (χ3n) is 2.58. The molecule has 1 amide bonds. The maximum atomic E-state index is 12.2. The van der Waals surface area contributed by atoms with Crippen LogP contribution in [0.2, 0.25) is 13.7 Å². The lowest BCUT2D eigenvalue weighted by atomic mass is 10.2. The highest BCUT2D eigenvalue weighted by Crippen LogP contribution is 2.34. The Balaban J connectivity index is 1.97. The molecule has 0 bridgehead atoms. The number of rotatable bonds is 2. The number of thiophene rings is 1. The number of carbonyl (C=O) groups is 1. The molecule has 0 saturated carbocycles. The van der Waals surface area contributed by atoms with E-state index in [1.807, 2.05) is 0 Å². The number of hydrogen-bond acceptors (Lipinski definition) is 4. The molecular weight excluding hydrogens is 359 g/mol. The van der Waals surface area contributed by atoms with Crippen LogP contribution in [0.15, 0.2) is 23.7 Å². The third-order valence-corrected chi connectivity index (χ3v) is 5.24. The Hall–Kier alpha value is -0.850. The van der Waals surface area contributed by atoms with Crippen molar-refractivity contribution in [1.82, 2.24) is 4.98 Å². The van der Waals surface area contributed by atoms with Crippen molar-refractivity contribution in [2.45, 2.75) is 0 Å². The Morgan fingerprint density at radius 2 is 2.05 bits per heavy atom. The maximum Gasteiger partial charge on any atom is 0.258 e. The summed E-state index contributed by atoms with van der Waals surface area (Å²) in [6, 6.07) is 4.98. The maximum absolute atomic E-state index is 12.2. The lowest BCUT2D eigenvalue weighted by Gasteiger charge is -2.06. The SMILES string of the molecule is O=C(Nc1ccc(Cl)c2ncsc12)c1cc(Cl)sc1Cl. The highest BCUT2D eigenvalue weighted by atomic mass is 35.5. The van der Waals surface area contributed by atoms with E-state index in [0.717, 1.165) is 16.0 Å². The van der Waals surface area contributed by atoms with Crippen molar-refractivity contribution in [3.63, 3.8) is 0 Å². The van der Waals surface area contributed by atoms with Gasteiger partial charge in [0.25, 0.3) is 5.91 Å². The zero-order chi connectivity index (χ0) is 14.3. The van der Waals surface area contributed by atoms with E-state index < -0.39 is 0 Å². The molecule has 20 heavy (non-hydrogen) atoms. The van der Waals surface area contributed by atoms with Crippen LogP contribution in [0.1, 0.15) is 10.4 Å². The lowest BCUT2D eigenvalue weighted by molar-refractivity contribution is 0.102. The van der Waals surface area contributed by atoms with Crippen molar-refractivity contribution in [1.29, 1.82) is 0 Å². The fourth-order valence-electron chi connectivity index (χ4n) is 1.70. The first kappa shape index (κ1) is 14.1. The summed E-state index contributed by atoms with van der Waals surface area (Å²) in [5, 5.41) is 3.36. The number of amides is 1. The van der Waals surface area contributed by atoms with Crippen molar-refractivity contribution < 1.29 is 4.79 Å². The van der Waals surface area contributed by atoms with Gasteiger partial charge < -0.3 is 5.32 Å². The number of halogens is 3. The number of benzene rings is 1. The average Bonchev–Trinajstić information content (AvgIpc) is 3.00. The van der Waals surface area contributed by atoms with Crippen LogP contribution in [0.5, 0.6) is 0 Å². The van der Waals surface area contributed by atoms with Crippen LogP contribution in [0.25, 0.3) is 10.2 Å². The highest BCUT2D eigenvalue weighted by molar-refractivity contribution is 7.20. The van der Waals surface area contributed by atoms with E-state index in [2.05, 4.69) is 10.3 Å². The molecule has 0 aliphatic heterocycles. The van der Waals surface area contributed by atoms with Crippen molar-refractivity contribution in [3.8, 4) is 0 Å². The van der Waals surface area contributed by atoms with Crippen LogP contribution in [-0.4, -0.2) is 10.9 Å². The quantitative estimate of drug-likeness (QED) is 0.646. The number of nitrogens with one attached hydrogen (secondary N) is 1. The van der Waals surface area contributed by atoms with E-state index in [9.17, 15) is 4.79 Å². The number of thiazole rings is 1.